The lowest BCUT2D eigenvalue weighted by molar-refractivity contribution is 0.0416. The summed E-state index contributed by atoms with van der Waals surface area (Å²) in [6.07, 6.45) is 3.46. The van der Waals surface area contributed by atoms with Crippen LogP contribution in [0.3, 0.4) is 0 Å². The third-order valence-corrected chi connectivity index (χ3v) is 3.29. The SMILES string of the molecule is CNC1(CO)CC(C)CC(C)(C)C1. The van der Waals surface area contributed by atoms with Crippen LogP contribution >= 0.6 is 0 Å². The summed E-state index contributed by atoms with van der Waals surface area (Å²) in [5.74, 6) is 0.711. The van der Waals surface area contributed by atoms with E-state index in [9.17, 15) is 5.11 Å². The largest absolute Gasteiger partial charge is 0.394 e. The molecule has 0 radical (unpaired) electrons. The highest BCUT2D eigenvalue weighted by atomic mass is 16.3. The van der Waals surface area contributed by atoms with Crippen LogP contribution in [-0.4, -0.2) is 24.3 Å². The van der Waals surface area contributed by atoms with Gasteiger partial charge >= 0.3 is 0 Å². The Labute approximate surface area is 81.7 Å². The summed E-state index contributed by atoms with van der Waals surface area (Å²) in [5, 5.41) is 12.7. The van der Waals surface area contributed by atoms with Gasteiger partial charge in [0.05, 0.1) is 6.61 Å². The zero-order valence-electron chi connectivity index (χ0n) is 9.35. The molecule has 1 aliphatic carbocycles. The predicted molar refractivity (Wildman–Crippen MR) is 55.7 cm³/mol. The normalized spacial score (nSPS) is 39.0. The highest BCUT2D eigenvalue weighted by Crippen LogP contribution is 2.43. The van der Waals surface area contributed by atoms with Crippen LogP contribution < -0.4 is 5.32 Å². The van der Waals surface area contributed by atoms with Gasteiger partial charge in [0, 0.05) is 5.54 Å². The molecule has 2 unspecified atom stereocenters. The maximum atomic E-state index is 9.43. The van der Waals surface area contributed by atoms with Crippen LogP contribution in [0.4, 0.5) is 0 Å². The lowest BCUT2D eigenvalue weighted by Crippen LogP contribution is -2.53. The van der Waals surface area contributed by atoms with Gasteiger partial charge in [-0.1, -0.05) is 20.8 Å². The minimum atomic E-state index is -0.0266. The van der Waals surface area contributed by atoms with E-state index in [4.69, 9.17) is 0 Å². The molecule has 0 aromatic carbocycles. The Bertz CT molecular complexity index is 173. The van der Waals surface area contributed by atoms with Crippen molar-refractivity contribution in [1.82, 2.24) is 5.32 Å². The predicted octanol–water partition coefficient (Wildman–Crippen LogP) is 1.78. The van der Waals surface area contributed by atoms with Gasteiger partial charge in [-0.25, -0.2) is 0 Å². The zero-order valence-corrected chi connectivity index (χ0v) is 9.35. The van der Waals surface area contributed by atoms with E-state index in [-0.39, 0.29) is 12.1 Å². The van der Waals surface area contributed by atoms with Gasteiger partial charge in [0.2, 0.25) is 0 Å². The summed E-state index contributed by atoms with van der Waals surface area (Å²) >= 11 is 0. The molecule has 0 aliphatic heterocycles. The second-order valence-corrected chi connectivity index (χ2v) is 5.54. The molecule has 1 fully saturated rings. The van der Waals surface area contributed by atoms with Crippen molar-refractivity contribution in [1.29, 1.82) is 0 Å². The molecule has 13 heavy (non-hydrogen) atoms. The van der Waals surface area contributed by atoms with E-state index in [1.54, 1.807) is 0 Å². The molecule has 2 nitrogen and oxygen atoms in total. The molecule has 0 aromatic heterocycles. The van der Waals surface area contributed by atoms with Crippen LogP contribution in [0.25, 0.3) is 0 Å². The summed E-state index contributed by atoms with van der Waals surface area (Å²) in [4.78, 5) is 0. The van der Waals surface area contributed by atoms with E-state index in [1.807, 2.05) is 7.05 Å². The van der Waals surface area contributed by atoms with E-state index in [1.165, 1.54) is 6.42 Å². The van der Waals surface area contributed by atoms with Gasteiger partial charge in [-0.2, -0.15) is 0 Å². The molecule has 0 amide bonds. The smallest absolute Gasteiger partial charge is 0.0613 e. The van der Waals surface area contributed by atoms with Crippen molar-refractivity contribution >= 4 is 0 Å². The van der Waals surface area contributed by atoms with Gasteiger partial charge in [0.15, 0.2) is 0 Å². The maximum absolute atomic E-state index is 9.43. The summed E-state index contributed by atoms with van der Waals surface area (Å²) in [5.41, 5.74) is 0.338. The minimum absolute atomic E-state index is 0.0266. The molecule has 1 rings (SSSR count). The molecule has 0 spiro atoms. The van der Waals surface area contributed by atoms with Crippen molar-refractivity contribution in [2.24, 2.45) is 11.3 Å². The maximum Gasteiger partial charge on any atom is 0.0613 e. The number of aliphatic hydroxyl groups is 1. The number of likely N-dealkylation sites (N-methyl/N-ethyl adjacent to an activating group) is 1. The fourth-order valence-corrected chi connectivity index (χ4v) is 3.13. The van der Waals surface area contributed by atoms with E-state index < -0.39 is 0 Å². The van der Waals surface area contributed by atoms with Gasteiger partial charge in [0.1, 0.15) is 0 Å². The standard InChI is InChI=1S/C11H23NO/c1-9-5-10(2,3)7-11(6-9,8-13)12-4/h9,12-13H,5-8H2,1-4H3. The van der Waals surface area contributed by atoms with E-state index in [0.29, 0.717) is 11.3 Å². The third kappa shape index (κ3) is 2.44. The first-order chi connectivity index (χ1) is 5.93. The number of rotatable bonds is 2. The first-order valence-electron chi connectivity index (χ1n) is 5.23. The molecule has 0 saturated heterocycles. The molecule has 2 atom stereocenters. The van der Waals surface area contributed by atoms with Crippen LogP contribution in [0.2, 0.25) is 0 Å². The van der Waals surface area contributed by atoms with Crippen molar-refractivity contribution in [2.45, 2.75) is 45.6 Å². The molecule has 2 heteroatoms. The topological polar surface area (TPSA) is 32.3 Å². The molecule has 0 bridgehead atoms. The van der Waals surface area contributed by atoms with Gasteiger partial charge in [0.25, 0.3) is 0 Å². The van der Waals surface area contributed by atoms with Crippen molar-refractivity contribution < 1.29 is 5.11 Å². The summed E-state index contributed by atoms with van der Waals surface area (Å²) in [6.45, 7) is 7.13. The van der Waals surface area contributed by atoms with Crippen molar-refractivity contribution in [2.75, 3.05) is 13.7 Å². The first-order valence-corrected chi connectivity index (χ1v) is 5.23. The average molecular weight is 185 g/mol. The molecule has 0 aromatic rings. The second kappa shape index (κ2) is 3.58. The van der Waals surface area contributed by atoms with Crippen LogP contribution in [0, 0.1) is 11.3 Å². The van der Waals surface area contributed by atoms with Crippen LogP contribution in [0.1, 0.15) is 40.0 Å². The Balaban J connectivity index is 2.76. The highest BCUT2D eigenvalue weighted by Gasteiger charge is 2.41. The Morgan fingerprint density at radius 2 is 2.00 bits per heavy atom. The van der Waals surface area contributed by atoms with Crippen molar-refractivity contribution in [3.05, 3.63) is 0 Å². The first kappa shape index (κ1) is 11.0. The highest BCUT2D eigenvalue weighted by molar-refractivity contribution is 4.97. The van der Waals surface area contributed by atoms with Gasteiger partial charge in [-0.15, -0.1) is 0 Å². The molecule has 78 valence electrons. The Morgan fingerprint density at radius 1 is 1.38 bits per heavy atom. The van der Waals surface area contributed by atoms with Gasteiger partial charge in [-0.3, -0.25) is 0 Å². The Hall–Kier alpha value is -0.0800. The van der Waals surface area contributed by atoms with Gasteiger partial charge < -0.3 is 10.4 Å². The summed E-state index contributed by atoms with van der Waals surface area (Å²) < 4.78 is 0. The molecular formula is C11H23NO. The Morgan fingerprint density at radius 3 is 2.38 bits per heavy atom. The average Bonchev–Trinajstić information content (AvgIpc) is 2.00. The molecule has 1 saturated carbocycles. The van der Waals surface area contributed by atoms with Gasteiger partial charge in [-0.05, 0) is 37.6 Å². The Kier molecular flexibility index (Phi) is 3.03. The third-order valence-electron chi connectivity index (χ3n) is 3.29. The summed E-state index contributed by atoms with van der Waals surface area (Å²) in [6, 6.07) is 0. The zero-order chi connectivity index (χ0) is 10.1. The molecule has 2 N–H and O–H groups in total. The lowest BCUT2D eigenvalue weighted by Gasteiger charge is -2.46. The number of nitrogens with one attached hydrogen (secondary N) is 1. The van der Waals surface area contributed by atoms with E-state index in [2.05, 4.69) is 26.1 Å². The van der Waals surface area contributed by atoms with Crippen molar-refractivity contribution in [3.63, 3.8) is 0 Å². The monoisotopic (exact) mass is 185 g/mol. The van der Waals surface area contributed by atoms with E-state index >= 15 is 0 Å². The van der Waals surface area contributed by atoms with E-state index in [0.717, 1.165) is 12.8 Å². The molecule has 1 aliphatic rings. The number of hydrogen-bond donors (Lipinski definition) is 2. The quantitative estimate of drug-likeness (QED) is 0.687. The number of aliphatic hydroxyl groups excluding tert-OH is 1. The fraction of sp³-hybridized carbons (Fsp3) is 1.00. The minimum Gasteiger partial charge on any atom is -0.394 e. The number of hydrogen-bond acceptors (Lipinski definition) is 2. The second-order valence-electron chi connectivity index (χ2n) is 5.54. The fourth-order valence-electron chi connectivity index (χ4n) is 3.13. The van der Waals surface area contributed by atoms with Crippen LogP contribution in [0.15, 0.2) is 0 Å². The molecular weight excluding hydrogens is 162 g/mol. The van der Waals surface area contributed by atoms with Crippen molar-refractivity contribution in [3.8, 4) is 0 Å². The summed E-state index contributed by atoms with van der Waals surface area (Å²) in [7, 11) is 1.96. The van der Waals surface area contributed by atoms with Crippen LogP contribution in [0.5, 0.6) is 0 Å². The lowest BCUT2D eigenvalue weighted by atomic mass is 9.64. The van der Waals surface area contributed by atoms with Crippen LogP contribution in [-0.2, 0) is 0 Å². The molecule has 0 heterocycles.